The maximum atomic E-state index is 11.2. The minimum atomic E-state index is -0.794. The first-order valence-electron chi connectivity index (χ1n) is 1.49. The second kappa shape index (κ2) is 2.95. The average Bonchev–Trinajstić information content (AvgIpc) is 1.35. The highest BCUT2D eigenvalue weighted by Crippen LogP contribution is 1.96. The van der Waals surface area contributed by atoms with Crippen LogP contribution in [0.5, 0.6) is 0 Å². The molecule has 0 saturated heterocycles. The third-order valence-electron chi connectivity index (χ3n) is 0.253. The van der Waals surface area contributed by atoms with Gasteiger partial charge in [0.25, 0.3) is 0 Å². The van der Waals surface area contributed by atoms with Crippen LogP contribution in [0.2, 0.25) is 0 Å². The van der Waals surface area contributed by atoms with Crippen LogP contribution in [0.4, 0.5) is 4.39 Å². The summed E-state index contributed by atoms with van der Waals surface area (Å²) in [6.45, 7) is 1.64. The highest BCUT2D eigenvalue weighted by atomic mass is 35.5. The maximum Gasteiger partial charge on any atom is 0.231 e. The third kappa shape index (κ3) is 3.74. The highest BCUT2D eigenvalue weighted by Gasteiger charge is 1.71. The van der Waals surface area contributed by atoms with Gasteiger partial charge in [-0.25, -0.2) is 0 Å². The Bertz CT molecular complexity index is 85.7. The number of hydrogen-bond acceptors (Lipinski definition) is 0. The molecule has 0 bridgehead atoms. The Balaban J connectivity index is 3.73. The largest absolute Gasteiger partial charge is 0.231 e. The summed E-state index contributed by atoms with van der Waals surface area (Å²) in [6, 6.07) is 0. The van der Waals surface area contributed by atoms with Crippen LogP contribution in [0, 0.1) is 0 Å². The summed E-state index contributed by atoms with van der Waals surface area (Å²) in [5.41, 5.74) is 2.10. The molecular formula is C4H4ClF. The molecule has 0 fully saturated rings. The molecule has 0 saturated carbocycles. The van der Waals surface area contributed by atoms with Gasteiger partial charge < -0.3 is 0 Å². The predicted octanol–water partition coefficient (Wildman–Crippen LogP) is 2.21. The van der Waals surface area contributed by atoms with E-state index in [0.717, 1.165) is 0 Å². The van der Waals surface area contributed by atoms with Crippen LogP contribution in [0.1, 0.15) is 6.92 Å². The van der Waals surface area contributed by atoms with Crippen LogP contribution in [0.3, 0.4) is 0 Å². The molecule has 34 valence electrons. The van der Waals surface area contributed by atoms with Gasteiger partial charge in [0, 0.05) is 0 Å². The fourth-order valence-corrected chi connectivity index (χ4v) is 0.218. The zero-order valence-electron chi connectivity index (χ0n) is 3.33. The van der Waals surface area contributed by atoms with Crippen molar-refractivity contribution in [1.29, 1.82) is 0 Å². The first-order chi connectivity index (χ1) is 2.77. The van der Waals surface area contributed by atoms with Gasteiger partial charge in [0.1, 0.15) is 0 Å². The topological polar surface area (TPSA) is 0 Å². The van der Waals surface area contributed by atoms with Crippen molar-refractivity contribution < 1.29 is 4.39 Å². The SMILES string of the molecule is CC=C=C(F)Cl. The van der Waals surface area contributed by atoms with Crippen molar-refractivity contribution in [2.24, 2.45) is 0 Å². The van der Waals surface area contributed by atoms with Crippen molar-refractivity contribution in [1.82, 2.24) is 0 Å². The summed E-state index contributed by atoms with van der Waals surface area (Å²) in [5, 5.41) is -0.794. The molecule has 0 spiro atoms. The average molecular weight is 107 g/mol. The van der Waals surface area contributed by atoms with E-state index in [1.165, 1.54) is 6.08 Å². The summed E-state index contributed by atoms with van der Waals surface area (Å²) >= 11 is 4.69. The first kappa shape index (κ1) is 5.74. The summed E-state index contributed by atoms with van der Waals surface area (Å²) < 4.78 is 11.2. The van der Waals surface area contributed by atoms with E-state index < -0.39 is 5.29 Å². The van der Waals surface area contributed by atoms with Gasteiger partial charge in [-0.05, 0) is 24.6 Å². The van der Waals surface area contributed by atoms with Gasteiger partial charge in [-0.2, -0.15) is 4.39 Å². The Kier molecular flexibility index (Phi) is 2.82. The second-order valence-electron chi connectivity index (χ2n) is 0.693. The molecule has 0 aliphatic rings. The van der Waals surface area contributed by atoms with Gasteiger partial charge in [-0.1, -0.05) is 5.73 Å². The molecular weight excluding hydrogens is 102 g/mol. The van der Waals surface area contributed by atoms with Gasteiger partial charge >= 0.3 is 0 Å². The lowest BCUT2D eigenvalue weighted by Gasteiger charge is -1.61. The molecule has 0 heterocycles. The summed E-state index contributed by atoms with van der Waals surface area (Å²) in [7, 11) is 0. The van der Waals surface area contributed by atoms with Crippen molar-refractivity contribution in [3.8, 4) is 0 Å². The van der Waals surface area contributed by atoms with Gasteiger partial charge in [0.15, 0.2) is 0 Å². The van der Waals surface area contributed by atoms with Crippen molar-refractivity contribution in [2.75, 3.05) is 0 Å². The van der Waals surface area contributed by atoms with Crippen LogP contribution in [0.25, 0.3) is 0 Å². The van der Waals surface area contributed by atoms with Gasteiger partial charge in [-0.15, -0.1) is 0 Å². The fraction of sp³-hybridized carbons (Fsp3) is 0.250. The van der Waals surface area contributed by atoms with Gasteiger partial charge in [0.05, 0.1) is 0 Å². The first-order valence-corrected chi connectivity index (χ1v) is 1.87. The van der Waals surface area contributed by atoms with Crippen molar-refractivity contribution in [3.63, 3.8) is 0 Å². The minimum Gasteiger partial charge on any atom is -0.184 e. The zero-order valence-corrected chi connectivity index (χ0v) is 4.09. The highest BCUT2D eigenvalue weighted by molar-refractivity contribution is 6.27. The summed E-state index contributed by atoms with van der Waals surface area (Å²) in [4.78, 5) is 0. The second-order valence-corrected chi connectivity index (χ2v) is 1.03. The van der Waals surface area contributed by atoms with E-state index in [9.17, 15) is 4.39 Å². The van der Waals surface area contributed by atoms with Crippen molar-refractivity contribution in [2.45, 2.75) is 6.92 Å². The van der Waals surface area contributed by atoms with E-state index in [1.807, 2.05) is 0 Å². The standard InChI is InChI=1S/C4H4ClF/c1-2-3-4(5)6/h2H,1H3. The fourth-order valence-electron chi connectivity index (χ4n) is 0.109. The molecule has 0 aromatic rings. The lowest BCUT2D eigenvalue weighted by atomic mass is 10.7. The van der Waals surface area contributed by atoms with E-state index in [-0.39, 0.29) is 0 Å². The Morgan fingerprint density at radius 1 is 2.00 bits per heavy atom. The van der Waals surface area contributed by atoms with E-state index in [0.29, 0.717) is 0 Å². The normalized spacial score (nSPS) is 6.50. The molecule has 0 aromatic heterocycles. The van der Waals surface area contributed by atoms with Gasteiger partial charge in [0.2, 0.25) is 5.29 Å². The number of allylic oxidation sites excluding steroid dienone is 1. The monoisotopic (exact) mass is 106 g/mol. The number of halogens is 2. The van der Waals surface area contributed by atoms with E-state index in [1.54, 1.807) is 6.92 Å². The molecule has 0 radical (unpaired) electrons. The van der Waals surface area contributed by atoms with Crippen molar-refractivity contribution in [3.05, 3.63) is 17.1 Å². The van der Waals surface area contributed by atoms with Crippen LogP contribution < -0.4 is 0 Å². The minimum absolute atomic E-state index is 0.794. The molecule has 0 amide bonds. The van der Waals surface area contributed by atoms with Crippen LogP contribution in [0.15, 0.2) is 17.1 Å². The molecule has 0 N–H and O–H groups in total. The van der Waals surface area contributed by atoms with Crippen LogP contribution in [-0.4, -0.2) is 0 Å². The summed E-state index contributed by atoms with van der Waals surface area (Å²) in [5.74, 6) is 0. The number of rotatable bonds is 0. The molecule has 0 aliphatic carbocycles. The molecule has 0 rings (SSSR count). The van der Waals surface area contributed by atoms with Crippen molar-refractivity contribution >= 4 is 11.6 Å². The predicted molar refractivity (Wildman–Crippen MR) is 24.2 cm³/mol. The van der Waals surface area contributed by atoms with E-state index in [2.05, 4.69) is 17.3 Å². The Morgan fingerprint density at radius 2 is 2.50 bits per heavy atom. The Morgan fingerprint density at radius 3 is 2.50 bits per heavy atom. The molecule has 0 unspecified atom stereocenters. The molecule has 6 heavy (non-hydrogen) atoms. The smallest absolute Gasteiger partial charge is 0.184 e. The van der Waals surface area contributed by atoms with E-state index >= 15 is 0 Å². The maximum absolute atomic E-state index is 11.2. The zero-order chi connectivity index (χ0) is 4.99. The molecule has 0 nitrogen and oxygen atoms in total. The third-order valence-corrected chi connectivity index (χ3v) is 0.363. The van der Waals surface area contributed by atoms with Crippen LogP contribution >= 0.6 is 11.6 Å². The quantitative estimate of drug-likeness (QED) is 0.416. The lowest BCUT2D eigenvalue weighted by molar-refractivity contribution is 0.697. The molecule has 0 aliphatic heterocycles. The molecule has 0 atom stereocenters. The Labute approximate surface area is 40.9 Å². The number of hydrogen-bond donors (Lipinski definition) is 0. The molecule has 0 aromatic carbocycles. The van der Waals surface area contributed by atoms with Gasteiger partial charge in [-0.3, -0.25) is 0 Å². The Hall–Kier alpha value is -0.260. The lowest BCUT2D eigenvalue weighted by Crippen LogP contribution is -1.39. The van der Waals surface area contributed by atoms with Crippen LogP contribution in [-0.2, 0) is 0 Å². The molecule has 2 heteroatoms. The van der Waals surface area contributed by atoms with E-state index in [4.69, 9.17) is 0 Å². The summed E-state index contributed by atoms with van der Waals surface area (Å²) in [6.07, 6.45) is 1.41.